The minimum Gasteiger partial charge on any atom is -0.270 e. The molecule has 0 aliphatic rings. The Morgan fingerprint density at radius 3 is 1.80 bits per heavy atom. The van der Waals surface area contributed by atoms with Crippen LogP contribution in [0.15, 0.2) is 0 Å². The summed E-state index contributed by atoms with van der Waals surface area (Å²) in [4.78, 5) is 0. The molecule has 0 amide bonds. The second-order valence-corrected chi connectivity index (χ2v) is 5.70. The minimum atomic E-state index is -0.375. The third-order valence-corrected chi connectivity index (χ3v) is 3.15. The molecule has 0 aromatic rings. The highest BCUT2D eigenvalue weighted by molar-refractivity contribution is 4.84. The second-order valence-electron chi connectivity index (χ2n) is 5.70. The molecule has 0 saturated carbocycles. The smallest absolute Gasteiger partial charge is 0.0937 e. The van der Waals surface area contributed by atoms with Crippen LogP contribution >= 0.6 is 0 Å². The fourth-order valence-corrected chi connectivity index (χ4v) is 1.79. The zero-order chi connectivity index (χ0) is 12.1. The zero-order valence-corrected chi connectivity index (χ0v) is 10.9. The molecule has 0 heterocycles. The number of hydrogen-bond acceptors (Lipinski definition) is 4. The van der Waals surface area contributed by atoms with Gasteiger partial charge in [0.05, 0.1) is 5.66 Å². The van der Waals surface area contributed by atoms with Gasteiger partial charge in [-0.3, -0.25) is 11.7 Å². The molecule has 0 radical (unpaired) electrons. The van der Waals surface area contributed by atoms with Gasteiger partial charge in [-0.05, 0) is 31.1 Å². The van der Waals surface area contributed by atoms with Gasteiger partial charge in [0, 0.05) is 0 Å². The Hall–Kier alpha value is -0.160. The van der Waals surface area contributed by atoms with Crippen LogP contribution in [0.5, 0.6) is 0 Å². The Labute approximate surface area is 94.1 Å². The maximum atomic E-state index is 5.54. The van der Waals surface area contributed by atoms with Crippen LogP contribution in [0.25, 0.3) is 0 Å². The summed E-state index contributed by atoms with van der Waals surface area (Å²) in [7, 11) is 0. The molecule has 4 nitrogen and oxygen atoms in total. The van der Waals surface area contributed by atoms with Crippen LogP contribution in [0.1, 0.15) is 53.9 Å². The van der Waals surface area contributed by atoms with E-state index in [1.165, 1.54) is 6.42 Å². The molecule has 0 fully saturated rings. The van der Waals surface area contributed by atoms with Gasteiger partial charge in [0.25, 0.3) is 0 Å². The predicted octanol–water partition coefficient (Wildman–Crippen LogP) is 1.48. The highest BCUT2D eigenvalue weighted by atomic mass is 15.4. The van der Waals surface area contributed by atoms with Crippen molar-refractivity contribution in [1.82, 2.24) is 10.9 Å². The lowest BCUT2D eigenvalue weighted by Crippen LogP contribution is -2.64. The number of rotatable bonds is 6. The van der Waals surface area contributed by atoms with Crippen molar-refractivity contribution in [3.63, 3.8) is 0 Å². The zero-order valence-electron chi connectivity index (χ0n) is 10.9. The van der Waals surface area contributed by atoms with E-state index in [1.807, 2.05) is 6.92 Å². The molecule has 0 bridgehead atoms. The lowest BCUT2D eigenvalue weighted by Gasteiger charge is -2.37. The molecule has 0 saturated heterocycles. The standard InChI is InChI=1S/C11H28N4/c1-6-9(7-8-10(2,3)4)11(5,14-12)15-13/h9,14-15H,6-8,12-13H2,1-5H3. The lowest BCUT2D eigenvalue weighted by atomic mass is 9.81. The van der Waals surface area contributed by atoms with Gasteiger partial charge < -0.3 is 0 Å². The molecule has 0 aromatic heterocycles. The molecule has 6 N–H and O–H groups in total. The van der Waals surface area contributed by atoms with Gasteiger partial charge in [-0.15, -0.1) is 0 Å². The van der Waals surface area contributed by atoms with Crippen molar-refractivity contribution in [3.8, 4) is 0 Å². The molecule has 0 aliphatic carbocycles. The fraction of sp³-hybridized carbons (Fsp3) is 1.00. The van der Waals surface area contributed by atoms with E-state index in [0.29, 0.717) is 11.3 Å². The van der Waals surface area contributed by atoms with E-state index in [1.54, 1.807) is 0 Å². The van der Waals surface area contributed by atoms with Gasteiger partial charge in [-0.2, -0.15) is 0 Å². The molecular formula is C11H28N4. The van der Waals surface area contributed by atoms with E-state index < -0.39 is 0 Å². The molecule has 0 aromatic carbocycles. The topological polar surface area (TPSA) is 76.1 Å². The first kappa shape index (κ1) is 14.8. The summed E-state index contributed by atoms with van der Waals surface area (Å²) in [5, 5.41) is 0. The summed E-state index contributed by atoms with van der Waals surface area (Å²) in [6.07, 6.45) is 3.34. The first-order chi connectivity index (χ1) is 6.79. The summed E-state index contributed by atoms with van der Waals surface area (Å²) in [5.74, 6) is 11.5. The number of nitrogens with one attached hydrogen (secondary N) is 2. The summed E-state index contributed by atoms with van der Waals surface area (Å²) in [6.45, 7) is 10.9. The van der Waals surface area contributed by atoms with Gasteiger partial charge in [-0.25, -0.2) is 10.9 Å². The molecule has 1 atom stereocenters. The average molecular weight is 216 g/mol. The molecule has 15 heavy (non-hydrogen) atoms. The SMILES string of the molecule is CCC(CCC(C)(C)C)C(C)(NN)NN. The van der Waals surface area contributed by atoms with E-state index in [9.17, 15) is 0 Å². The summed E-state index contributed by atoms with van der Waals surface area (Å²) in [5.41, 5.74) is 5.54. The van der Waals surface area contributed by atoms with E-state index in [0.717, 1.165) is 12.8 Å². The Kier molecular flexibility index (Phi) is 5.73. The average Bonchev–Trinajstić information content (AvgIpc) is 2.16. The Balaban J connectivity index is 4.35. The minimum absolute atomic E-state index is 0.359. The van der Waals surface area contributed by atoms with Gasteiger partial charge in [-0.1, -0.05) is 34.1 Å². The third-order valence-electron chi connectivity index (χ3n) is 3.15. The highest BCUT2D eigenvalue weighted by Gasteiger charge is 2.31. The highest BCUT2D eigenvalue weighted by Crippen LogP contribution is 2.29. The first-order valence-corrected chi connectivity index (χ1v) is 5.74. The molecule has 92 valence electrons. The Morgan fingerprint density at radius 1 is 1.07 bits per heavy atom. The molecule has 0 rings (SSSR count). The number of hydrogen-bond donors (Lipinski definition) is 4. The summed E-state index contributed by atoms with van der Waals surface area (Å²) >= 11 is 0. The number of hydrazine groups is 2. The normalized spacial score (nSPS) is 15.4. The molecule has 0 aliphatic heterocycles. The van der Waals surface area contributed by atoms with Crippen molar-refractivity contribution in [1.29, 1.82) is 0 Å². The number of nitrogens with two attached hydrogens (primary N) is 2. The van der Waals surface area contributed by atoms with Gasteiger partial charge in [0.2, 0.25) is 0 Å². The summed E-state index contributed by atoms with van der Waals surface area (Å²) < 4.78 is 0. The van der Waals surface area contributed by atoms with Crippen LogP contribution in [-0.4, -0.2) is 5.66 Å². The van der Waals surface area contributed by atoms with Crippen molar-refractivity contribution in [2.24, 2.45) is 23.0 Å². The quantitative estimate of drug-likeness (QED) is 0.308. The van der Waals surface area contributed by atoms with E-state index in [-0.39, 0.29) is 5.66 Å². The fourth-order valence-electron chi connectivity index (χ4n) is 1.79. The van der Waals surface area contributed by atoms with Gasteiger partial charge in [0.1, 0.15) is 0 Å². The van der Waals surface area contributed by atoms with E-state index >= 15 is 0 Å². The monoisotopic (exact) mass is 216 g/mol. The Bertz CT molecular complexity index is 170. The van der Waals surface area contributed by atoms with Crippen LogP contribution in [-0.2, 0) is 0 Å². The van der Waals surface area contributed by atoms with E-state index in [2.05, 4.69) is 38.5 Å². The van der Waals surface area contributed by atoms with Crippen molar-refractivity contribution >= 4 is 0 Å². The van der Waals surface area contributed by atoms with Crippen LogP contribution in [0.2, 0.25) is 0 Å². The van der Waals surface area contributed by atoms with Gasteiger partial charge >= 0.3 is 0 Å². The lowest BCUT2D eigenvalue weighted by molar-refractivity contribution is 0.150. The molecular weight excluding hydrogens is 188 g/mol. The third kappa shape index (κ3) is 4.93. The van der Waals surface area contributed by atoms with Crippen molar-refractivity contribution in [2.75, 3.05) is 0 Å². The second kappa shape index (κ2) is 5.80. The van der Waals surface area contributed by atoms with Crippen molar-refractivity contribution < 1.29 is 0 Å². The first-order valence-electron chi connectivity index (χ1n) is 5.74. The molecule has 1 unspecified atom stereocenters. The summed E-state index contributed by atoms with van der Waals surface area (Å²) in [6, 6.07) is 0. The predicted molar refractivity (Wildman–Crippen MR) is 65.5 cm³/mol. The maximum absolute atomic E-state index is 5.54. The molecule has 0 spiro atoms. The molecule has 4 heteroatoms. The van der Waals surface area contributed by atoms with Crippen molar-refractivity contribution in [2.45, 2.75) is 59.5 Å². The van der Waals surface area contributed by atoms with Gasteiger partial charge in [0.15, 0.2) is 0 Å². The Morgan fingerprint density at radius 2 is 1.53 bits per heavy atom. The van der Waals surface area contributed by atoms with Crippen LogP contribution in [0.3, 0.4) is 0 Å². The van der Waals surface area contributed by atoms with Crippen LogP contribution < -0.4 is 22.5 Å². The largest absolute Gasteiger partial charge is 0.270 e. The van der Waals surface area contributed by atoms with Crippen LogP contribution in [0, 0.1) is 11.3 Å². The maximum Gasteiger partial charge on any atom is 0.0937 e. The van der Waals surface area contributed by atoms with E-state index in [4.69, 9.17) is 11.7 Å². The van der Waals surface area contributed by atoms with Crippen LogP contribution in [0.4, 0.5) is 0 Å². The van der Waals surface area contributed by atoms with Crippen molar-refractivity contribution in [3.05, 3.63) is 0 Å².